The molecule has 2 amide bonds. The topological polar surface area (TPSA) is 106 Å². The van der Waals surface area contributed by atoms with Gasteiger partial charge in [0.05, 0.1) is 5.69 Å². The summed E-state index contributed by atoms with van der Waals surface area (Å²) < 4.78 is 19.8. The van der Waals surface area contributed by atoms with Crippen LogP contribution in [0.1, 0.15) is 26.5 Å². The number of tetrazole rings is 1. The number of amides is 2. The lowest BCUT2D eigenvalue weighted by atomic mass is 10.1. The maximum absolute atomic E-state index is 14.4. The molecule has 3 rings (SSSR count). The van der Waals surface area contributed by atoms with Gasteiger partial charge in [0.2, 0.25) is 11.7 Å². The van der Waals surface area contributed by atoms with Gasteiger partial charge in [-0.3, -0.25) is 14.5 Å². The van der Waals surface area contributed by atoms with Gasteiger partial charge in [-0.2, -0.15) is 4.80 Å². The molecule has 30 heavy (non-hydrogen) atoms. The molecule has 0 aliphatic heterocycles. The molecule has 0 saturated carbocycles. The zero-order valence-electron chi connectivity index (χ0n) is 17.2. The number of rotatable bonds is 6. The van der Waals surface area contributed by atoms with Gasteiger partial charge in [0.15, 0.2) is 5.76 Å². The van der Waals surface area contributed by atoms with Crippen LogP contribution in [0, 0.1) is 12.7 Å². The molecule has 10 heteroatoms. The predicted octanol–water partition coefficient (Wildman–Crippen LogP) is 2.33. The summed E-state index contributed by atoms with van der Waals surface area (Å²) in [4.78, 5) is 27.5. The normalized spacial score (nSPS) is 11.4. The molecule has 9 nitrogen and oxygen atoms in total. The number of hydrogen-bond donors (Lipinski definition) is 1. The van der Waals surface area contributed by atoms with E-state index in [1.807, 2.05) is 20.8 Å². The second-order valence-electron chi connectivity index (χ2n) is 7.78. The van der Waals surface area contributed by atoms with Gasteiger partial charge in [0.25, 0.3) is 5.91 Å². The molecular formula is C20H23FN6O3. The number of nitrogens with zero attached hydrogens (tertiary/aromatic N) is 5. The third kappa shape index (κ3) is 5.28. The number of hydrogen-bond acceptors (Lipinski definition) is 6. The molecule has 1 aromatic carbocycles. The molecule has 0 saturated heterocycles. The molecule has 2 aromatic heterocycles. The molecule has 0 atom stereocenters. The minimum Gasteiger partial charge on any atom is -0.458 e. The van der Waals surface area contributed by atoms with Crippen LogP contribution >= 0.6 is 0 Å². The van der Waals surface area contributed by atoms with Crippen LogP contribution in [0.3, 0.4) is 0 Å². The number of anilines is 1. The summed E-state index contributed by atoms with van der Waals surface area (Å²) in [6.07, 6.45) is 0. The fourth-order valence-corrected chi connectivity index (χ4v) is 2.75. The van der Waals surface area contributed by atoms with Gasteiger partial charge in [0.1, 0.15) is 24.7 Å². The fourth-order valence-electron chi connectivity index (χ4n) is 2.75. The molecule has 2 heterocycles. The highest BCUT2D eigenvalue weighted by atomic mass is 19.1. The molecule has 0 aliphatic rings. The first-order valence-corrected chi connectivity index (χ1v) is 9.33. The summed E-state index contributed by atoms with van der Waals surface area (Å²) in [5.41, 5.74) is -0.501. The molecule has 158 valence electrons. The summed E-state index contributed by atoms with van der Waals surface area (Å²) in [7, 11) is 0. The van der Waals surface area contributed by atoms with E-state index in [0.717, 1.165) is 9.70 Å². The number of nitrogens with one attached hydrogen (secondary N) is 1. The Hall–Kier alpha value is -3.56. The fraction of sp³-hybridized carbons (Fsp3) is 0.350. The van der Waals surface area contributed by atoms with Crippen molar-refractivity contribution in [2.75, 3.05) is 11.4 Å². The highest BCUT2D eigenvalue weighted by Crippen LogP contribution is 2.20. The van der Waals surface area contributed by atoms with E-state index in [1.54, 1.807) is 25.1 Å². The summed E-state index contributed by atoms with van der Waals surface area (Å²) in [5.74, 6) is -0.276. The Morgan fingerprint density at radius 1 is 1.20 bits per heavy atom. The highest BCUT2D eigenvalue weighted by molar-refractivity contribution is 5.98. The summed E-state index contributed by atoms with van der Waals surface area (Å²) in [6, 6.07) is 9.21. The average Bonchev–Trinajstić information content (AvgIpc) is 3.28. The number of para-hydroxylation sites is 1. The van der Waals surface area contributed by atoms with Gasteiger partial charge in [-0.1, -0.05) is 12.1 Å². The van der Waals surface area contributed by atoms with E-state index in [2.05, 4.69) is 20.7 Å². The number of furan rings is 1. The van der Waals surface area contributed by atoms with E-state index in [9.17, 15) is 14.0 Å². The summed E-state index contributed by atoms with van der Waals surface area (Å²) >= 11 is 0. The van der Waals surface area contributed by atoms with Crippen LogP contribution in [0.15, 0.2) is 40.8 Å². The number of carbonyl (C=O) groups excluding carboxylic acids is 2. The Morgan fingerprint density at radius 3 is 2.57 bits per heavy atom. The third-order valence-corrected chi connectivity index (χ3v) is 3.95. The first-order valence-electron chi connectivity index (χ1n) is 9.33. The Balaban J connectivity index is 1.81. The first kappa shape index (κ1) is 21.2. The first-order chi connectivity index (χ1) is 14.1. The molecule has 0 radical (unpaired) electrons. The van der Waals surface area contributed by atoms with Crippen molar-refractivity contribution in [1.29, 1.82) is 0 Å². The van der Waals surface area contributed by atoms with E-state index in [1.165, 1.54) is 18.2 Å². The Labute approximate surface area is 172 Å². The quantitative estimate of drug-likeness (QED) is 0.664. The Kier molecular flexibility index (Phi) is 5.95. The molecule has 0 fully saturated rings. The van der Waals surface area contributed by atoms with Gasteiger partial charge in [-0.25, -0.2) is 4.39 Å². The number of aromatic nitrogens is 4. The number of aryl methyl sites for hydroxylation is 1. The number of benzene rings is 1. The number of halogens is 1. The maximum atomic E-state index is 14.4. The monoisotopic (exact) mass is 414 g/mol. The highest BCUT2D eigenvalue weighted by Gasteiger charge is 2.25. The van der Waals surface area contributed by atoms with Crippen molar-refractivity contribution in [2.45, 2.75) is 39.8 Å². The Morgan fingerprint density at radius 2 is 1.93 bits per heavy atom. The zero-order chi connectivity index (χ0) is 21.9. The van der Waals surface area contributed by atoms with Crippen LogP contribution in [0.4, 0.5) is 10.1 Å². The molecular weight excluding hydrogens is 391 g/mol. The van der Waals surface area contributed by atoms with Crippen LogP contribution < -0.4 is 10.2 Å². The van der Waals surface area contributed by atoms with Gasteiger partial charge in [-0.15, -0.1) is 10.2 Å². The van der Waals surface area contributed by atoms with E-state index in [4.69, 9.17) is 4.42 Å². The molecule has 0 unspecified atom stereocenters. The molecule has 0 aliphatic carbocycles. The lowest BCUT2D eigenvalue weighted by molar-refractivity contribution is -0.125. The van der Waals surface area contributed by atoms with Gasteiger partial charge < -0.3 is 9.73 Å². The van der Waals surface area contributed by atoms with E-state index in [0.29, 0.717) is 11.5 Å². The maximum Gasteiger partial charge on any atom is 0.251 e. The molecule has 0 bridgehead atoms. The van der Waals surface area contributed by atoms with Crippen molar-refractivity contribution in [3.63, 3.8) is 0 Å². The van der Waals surface area contributed by atoms with Gasteiger partial charge >= 0.3 is 0 Å². The second kappa shape index (κ2) is 8.44. The van der Waals surface area contributed by atoms with E-state index >= 15 is 0 Å². The minimum atomic E-state index is -0.618. The van der Waals surface area contributed by atoms with E-state index in [-0.39, 0.29) is 24.6 Å². The summed E-state index contributed by atoms with van der Waals surface area (Å²) in [5, 5.41) is 14.6. The zero-order valence-corrected chi connectivity index (χ0v) is 17.2. The van der Waals surface area contributed by atoms with Crippen LogP contribution in [0.25, 0.3) is 11.6 Å². The van der Waals surface area contributed by atoms with Crippen LogP contribution in [0.2, 0.25) is 0 Å². The molecule has 0 spiro atoms. The van der Waals surface area contributed by atoms with Crippen molar-refractivity contribution < 1.29 is 18.4 Å². The second-order valence-corrected chi connectivity index (χ2v) is 7.78. The molecule has 1 N–H and O–H groups in total. The Bertz CT molecular complexity index is 1050. The van der Waals surface area contributed by atoms with Gasteiger partial charge in [0, 0.05) is 5.54 Å². The van der Waals surface area contributed by atoms with Gasteiger partial charge in [-0.05, 0) is 57.2 Å². The van der Waals surface area contributed by atoms with Crippen molar-refractivity contribution in [3.05, 3.63) is 48.0 Å². The lowest BCUT2D eigenvalue weighted by Crippen LogP contribution is -2.48. The van der Waals surface area contributed by atoms with E-state index < -0.39 is 23.2 Å². The van der Waals surface area contributed by atoms with Crippen LogP contribution in [-0.4, -0.2) is 44.1 Å². The van der Waals surface area contributed by atoms with Crippen molar-refractivity contribution in [3.8, 4) is 11.6 Å². The molecule has 3 aromatic rings. The SMILES string of the molecule is Cc1ccc(-c2nnn(CC(=O)N(CC(=O)NC(C)(C)C)c3ccccc3F)n2)o1. The standard InChI is InChI=1S/C20H23FN6O3/c1-13-9-10-16(30-13)19-23-25-27(24-19)12-18(29)26(11-17(28)22-20(2,3)4)15-8-6-5-7-14(15)21/h5-10H,11-12H2,1-4H3,(H,22,28). The van der Waals surface area contributed by atoms with Crippen molar-refractivity contribution in [2.24, 2.45) is 0 Å². The smallest absolute Gasteiger partial charge is 0.251 e. The average molecular weight is 414 g/mol. The lowest BCUT2D eigenvalue weighted by Gasteiger charge is -2.26. The van der Waals surface area contributed by atoms with Crippen molar-refractivity contribution in [1.82, 2.24) is 25.5 Å². The van der Waals surface area contributed by atoms with Crippen molar-refractivity contribution >= 4 is 17.5 Å². The minimum absolute atomic E-state index is 0.00597. The summed E-state index contributed by atoms with van der Waals surface area (Å²) in [6.45, 7) is 6.55. The van der Waals surface area contributed by atoms with Crippen LogP contribution in [0.5, 0.6) is 0 Å². The van der Waals surface area contributed by atoms with Crippen LogP contribution in [-0.2, 0) is 16.1 Å². The largest absolute Gasteiger partial charge is 0.458 e. The third-order valence-electron chi connectivity index (χ3n) is 3.95. The predicted molar refractivity (Wildman–Crippen MR) is 107 cm³/mol. The number of carbonyl (C=O) groups is 2.